The Hall–Kier alpha value is -0.960. The van der Waals surface area contributed by atoms with Crippen molar-refractivity contribution in [3.05, 3.63) is 0 Å². The predicted octanol–water partition coefficient (Wildman–Crippen LogP) is 0.380. The standard InChI is InChI=1S/C7H7ClNO/c1-3-5-9(8,7-10)6-4-2/h1-2,7H,5-6H2/q+1. The van der Waals surface area contributed by atoms with Crippen molar-refractivity contribution >= 4 is 18.2 Å². The number of halogens is 1. The van der Waals surface area contributed by atoms with E-state index in [0.717, 1.165) is 0 Å². The zero-order valence-electron chi connectivity index (χ0n) is 5.38. The van der Waals surface area contributed by atoms with E-state index in [2.05, 4.69) is 11.8 Å². The molecule has 0 rings (SSSR count). The van der Waals surface area contributed by atoms with Crippen molar-refractivity contribution in [2.75, 3.05) is 13.1 Å². The molecule has 0 radical (unpaired) electrons. The Bertz CT molecular complexity index is 183. The van der Waals surface area contributed by atoms with Gasteiger partial charge >= 0.3 is 6.41 Å². The highest BCUT2D eigenvalue weighted by Gasteiger charge is 2.22. The number of hydrogen-bond acceptors (Lipinski definition) is 1. The van der Waals surface area contributed by atoms with Crippen LogP contribution in [0.25, 0.3) is 0 Å². The summed E-state index contributed by atoms with van der Waals surface area (Å²) in [6, 6.07) is 0. The van der Waals surface area contributed by atoms with Crippen molar-refractivity contribution < 1.29 is 8.80 Å². The molecular weight excluding hydrogens is 150 g/mol. The van der Waals surface area contributed by atoms with Gasteiger partial charge < -0.3 is 0 Å². The maximum absolute atomic E-state index is 10.3. The van der Waals surface area contributed by atoms with E-state index < -0.39 is 4.00 Å². The van der Waals surface area contributed by atoms with Crippen LogP contribution in [-0.4, -0.2) is 23.5 Å². The summed E-state index contributed by atoms with van der Waals surface area (Å²) in [7, 11) is 0. The van der Waals surface area contributed by atoms with Crippen molar-refractivity contribution in [2.24, 2.45) is 0 Å². The van der Waals surface area contributed by atoms with Crippen LogP contribution in [0.1, 0.15) is 0 Å². The second kappa shape index (κ2) is 3.95. The zero-order valence-corrected chi connectivity index (χ0v) is 6.14. The van der Waals surface area contributed by atoms with Crippen molar-refractivity contribution in [3.63, 3.8) is 0 Å². The Morgan fingerprint density at radius 1 is 1.40 bits per heavy atom. The molecule has 0 spiro atoms. The summed E-state index contributed by atoms with van der Waals surface area (Å²) in [6.45, 7) is 0.241. The molecule has 0 bridgehead atoms. The van der Waals surface area contributed by atoms with Gasteiger partial charge in [0.25, 0.3) is 0 Å². The van der Waals surface area contributed by atoms with Gasteiger partial charge in [-0.1, -0.05) is 0 Å². The minimum Gasteiger partial charge on any atom is -0.232 e. The van der Waals surface area contributed by atoms with Crippen LogP contribution in [0.3, 0.4) is 0 Å². The topological polar surface area (TPSA) is 17.1 Å². The van der Waals surface area contributed by atoms with Crippen LogP contribution in [0.15, 0.2) is 0 Å². The van der Waals surface area contributed by atoms with Crippen molar-refractivity contribution in [1.29, 1.82) is 0 Å². The van der Waals surface area contributed by atoms with Gasteiger partial charge in [-0.05, 0) is 11.8 Å². The van der Waals surface area contributed by atoms with Gasteiger partial charge in [-0.15, -0.1) is 16.8 Å². The summed E-state index contributed by atoms with van der Waals surface area (Å²) in [5.74, 6) is 4.51. The lowest BCUT2D eigenvalue weighted by Crippen LogP contribution is -2.37. The number of hydrogen-bond donors (Lipinski definition) is 0. The van der Waals surface area contributed by atoms with Crippen LogP contribution in [0, 0.1) is 24.7 Å². The Kier molecular flexibility index (Phi) is 3.57. The van der Waals surface area contributed by atoms with E-state index in [4.69, 9.17) is 24.6 Å². The van der Waals surface area contributed by atoms with Gasteiger partial charge in [-0.3, -0.25) is 0 Å². The lowest BCUT2D eigenvalue weighted by atomic mass is 10.5. The maximum atomic E-state index is 10.3. The van der Waals surface area contributed by atoms with E-state index in [-0.39, 0.29) is 13.1 Å². The minimum absolute atomic E-state index is 0.120. The first-order valence-electron chi connectivity index (χ1n) is 2.58. The fourth-order valence-corrected chi connectivity index (χ4v) is 0.572. The van der Waals surface area contributed by atoms with Crippen molar-refractivity contribution in [2.45, 2.75) is 0 Å². The lowest BCUT2D eigenvalue weighted by molar-refractivity contribution is -0.708. The van der Waals surface area contributed by atoms with Crippen LogP contribution in [0.4, 0.5) is 0 Å². The quantitative estimate of drug-likeness (QED) is 0.328. The fraction of sp³-hybridized carbons (Fsp3) is 0.286. The van der Waals surface area contributed by atoms with Crippen LogP contribution in [-0.2, 0) is 4.79 Å². The monoisotopic (exact) mass is 156 g/mol. The van der Waals surface area contributed by atoms with E-state index >= 15 is 0 Å². The minimum atomic E-state index is -0.424. The molecule has 3 heteroatoms. The van der Waals surface area contributed by atoms with Gasteiger partial charge in [0.05, 0.1) is 0 Å². The van der Waals surface area contributed by atoms with Gasteiger partial charge in [0, 0.05) is 0 Å². The Morgan fingerprint density at radius 3 is 2.00 bits per heavy atom. The van der Waals surface area contributed by atoms with E-state index in [9.17, 15) is 4.79 Å². The molecule has 0 aromatic carbocycles. The molecule has 0 heterocycles. The Balaban J connectivity index is 4.14. The highest BCUT2D eigenvalue weighted by Crippen LogP contribution is 2.05. The van der Waals surface area contributed by atoms with E-state index in [1.54, 1.807) is 0 Å². The van der Waals surface area contributed by atoms with Crippen molar-refractivity contribution in [1.82, 2.24) is 0 Å². The molecule has 0 atom stereocenters. The summed E-state index contributed by atoms with van der Waals surface area (Å²) >= 11 is 5.61. The number of nitrogens with zero attached hydrogens (tertiary/aromatic N) is 1. The third-order valence-corrected chi connectivity index (χ3v) is 1.22. The summed E-state index contributed by atoms with van der Waals surface area (Å²) in [5, 5.41) is 0. The highest BCUT2D eigenvalue weighted by atomic mass is 35.5. The number of carbonyl (C=O) groups excluding carboxylic acids is 1. The molecule has 0 aromatic heterocycles. The van der Waals surface area contributed by atoms with E-state index in [0.29, 0.717) is 6.41 Å². The first kappa shape index (κ1) is 9.04. The smallest absolute Gasteiger partial charge is 0.232 e. The number of quaternary nitrogens is 1. The van der Waals surface area contributed by atoms with Gasteiger partial charge in [0.2, 0.25) is 0 Å². The average molecular weight is 157 g/mol. The number of rotatable bonds is 3. The first-order chi connectivity index (χ1) is 4.68. The van der Waals surface area contributed by atoms with Crippen LogP contribution < -0.4 is 0 Å². The largest absolute Gasteiger partial charge is 0.320 e. The Labute approximate surface area is 65.5 Å². The van der Waals surface area contributed by atoms with E-state index in [1.165, 1.54) is 0 Å². The molecule has 10 heavy (non-hydrogen) atoms. The van der Waals surface area contributed by atoms with Gasteiger partial charge in [-0.25, -0.2) is 4.79 Å². The highest BCUT2D eigenvalue weighted by molar-refractivity contribution is 6.10. The third-order valence-electron chi connectivity index (χ3n) is 0.897. The zero-order chi connectivity index (χ0) is 8.04. The first-order valence-corrected chi connectivity index (χ1v) is 2.92. The second-order valence-corrected chi connectivity index (χ2v) is 2.43. The fourth-order valence-electron chi connectivity index (χ4n) is 0.434. The number of carbonyl (C=O) groups is 1. The summed E-state index contributed by atoms with van der Waals surface area (Å²) in [4.78, 5) is 10.3. The number of terminal acetylenes is 2. The molecule has 0 aliphatic rings. The molecule has 0 fully saturated rings. The lowest BCUT2D eigenvalue weighted by Gasteiger charge is -2.14. The molecule has 0 N–H and O–H groups in total. The van der Waals surface area contributed by atoms with Gasteiger partial charge in [-0.2, -0.15) is 0 Å². The number of amides is 1. The molecule has 0 saturated heterocycles. The molecule has 1 amide bonds. The molecule has 0 unspecified atom stereocenters. The summed E-state index contributed by atoms with van der Waals surface area (Å²) in [5.41, 5.74) is 0. The average Bonchev–Trinajstić information content (AvgIpc) is 1.89. The van der Waals surface area contributed by atoms with Crippen LogP contribution in [0.2, 0.25) is 0 Å². The van der Waals surface area contributed by atoms with Crippen LogP contribution in [0.5, 0.6) is 0 Å². The van der Waals surface area contributed by atoms with Crippen molar-refractivity contribution in [3.8, 4) is 24.7 Å². The molecule has 0 aliphatic heterocycles. The van der Waals surface area contributed by atoms with Gasteiger partial charge in [0.1, 0.15) is 0 Å². The third kappa shape index (κ3) is 2.55. The molecular formula is C7H7ClNO+. The van der Waals surface area contributed by atoms with Crippen LogP contribution >= 0.6 is 11.8 Å². The SMILES string of the molecule is C#CC[N+](Cl)(C=O)CC#C. The predicted molar refractivity (Wildman–Crippen MR) is 39.6 cm³/mol. The van der Waals surface area contributed by atoms with Gasteiger partial charge in [0.15, 0.2) is 24.9 Å². The molecule has 52 valence electrons. The van der Waals surface area contributed by atoms with E-state index in [1.807, 2.05) is 0 Å². The summed E-state index contributed by atoms with van der Waals surface area (Å²) < 4.78 is -0.424. The molecule has 0 aliphatic carbocycles. The maximum Gasteiger partial charge on any atom is 0.320 e. The summed E-state index contributed by atoms with van der Waals surface area (Å²) in [6.07, 6.45) is 10.4. The Morgan fingerprint density at radius 2 is 1.80 bits per heavy atom. The second-order valence-electron chi connectivity index (χ2n) is 1.76. The molecule has 2 nitrogen and oxygen atoms in total. The molecule has 0 saturated carbocycles. The molecule has 0 aromatic rings. The normalized spacial score (nSPS) is 9.50.